The number of hydrogen-bond acceptors (Lipinski definition) is 3. The number of fused-ring (bicyclic) bond motifs is 1. The van der Waals surface area contributed by atoms with E-state index in [0.717, 1.165) is 0 Å². The Hall–Kier alpha value is -1.67. The van der Waals surface area contributed by atoms with E-state index >= 15 is 0 Å². The van der Waals surface area contributed by atoms with Gasteiger partial charge in [0, 0.05) is 0 Å². The summed E-state index contributed by atoms with van der Waals surface area (Å²) in [5.41, 5.74) is 0.680. The third-order valence-corrected chi connectivity index (χ3v) is 2.17. The predicted octanol–water partition coefficient (Wildman–Crippen LogP) is 1.93. The number of rotatable bonds is 2. The maximum atomic E-state index is 12.2. The first-order chi connectivity index (χ1) is 7.26. The monoisotopic (exact) mass is 224 g/mol. The minimum Gasteiger partial charge on any atom is -0.249 e. The van der Waals surface area contributed by atoms with Crippen LogP contribution in [0, 0.1) is 11.3 Å². The number of pyridine rings is 1. The van der Waals surface area contributed by atoms with E-state index in [4.69, 9.17) is 16.9 Å². The predicted molar refractivity (Wildman–Crippen MR) is 53.2 cm³/mol. The van der Waals surface area contributed by atoms with Gasteiger partial charge in [-0.3, -0.25) is 0 Å². The third kappa shape index (κ3) is 1.64. The Balaban J connectivity index is 2.71. The summed E-state index contributed by atoms with van der Waals surface area (Å²) in [4.78, 5) is 4.01. The average molecular weight is 225 g/mol. The smallest absolute Gasteiger partial charge is 0.172 e. The number of aromatic nitrogens is 3. The van der Waals surface area contributed by atoms with E-state index in [1.807, 2.05) is 6.07 Å². The van der Waals surface area contributed by atoms with Crippen LogP contribution in [0.2, 0.25) is 5.15 Å². The van der Waals surface area contributed by atoms with E-state index in [-0.39, 0.29) is 12.2 Å². The molecule has 2 aromatic heterocycles. The molecule has 0 aliphatic heterocycles. The van der Waals surface area contributed by atoms with Crippen LogP contribution in [-0.4, -0.2) is 21.4 Å². The summed E-state index contributed by atoms with van der Waals surface area (Å²) < 4.78 is 13.6. The highest BCUT2D eigenvalue weighted by Crippen LogP contribution is 2.18. The van der Waals surface area contributed by atoms with Crippen LogP contribution >= 0.6 is 11.6 Å². The van der Waals surface area contributed by atoms with Crippen LogP contribution in [0.3, 0.4) is 0 Å². The fourth-order valence-electron chi connectivity index (χ4n) is 1.35. The molecule has 2 heterocycles. The Kier molecular flexibility index (Phi) is 2.52. The van der Waals surface area contributed by atoms with Crippen molar-refractivity contribution in [2.75, 3.05) is 6.67 Å². The van der Waals surface area contributed by atoms with E-state index in [1.54, 1.807) is 12.1 Å². The van der Waals surface area contributed by atoms with Crippen molar-refractivity contribution in [2.24, 2.45) is 0 Å². The first kappa shape index (κ1) is 9.87. The normalized spacial score (nSPS) is 10.5. The van der Waals surface area contributed by atoms with E-state index in [0.29, 0.717) is 16.2 Å². The van der Waals surface area contributed by atoms with E-state index < -0.39 is 6.67 Å². The molecule has 0 unspecified atom stereocenters. The molecule has 0 aromatic carbocycles. The van der Waals surface area contributed by atoms with E-state index in [9.17, 15) is 4.39 Å². The zero-order chi connectivity index (χ0) is 10.8. The zero-order valence-electron chi connectivity index (χ0n) is 7.61. The first-order valence-electron chi connectivity index (χ1n) is 4.25. The lowest BCUT2D eigenvalue weighted by molar-refractivity contribution is 0.431. The van der Waals surface area contributed by atoms with E-state index in [2.05, 4.69) is 10.1 Å². The lowest BCUT2D eigenvalue weighted by Crippen LogP contribution is -2.02. The maximum Gasteiger partial charge on any atom is 0.172 e. The fourth-order valence-corrected chi connectivity index (χ4v) is 1.49. The Labute approximate surface area is 89.9 Å². The van der Waals surface area contributed by atoms with Crippen LogP contribution in [0.15, 0.2) is 12.1 Å². The number of nitrogens with zero attached hydrogens (tertiary/aromatic N) is 4. The van der Waals surface area contributed by atoms with Gasteiger partial charge in [0.25, 0.3) is 0 Å². The Morgan fingerprint density at radius 2 is 2.33 bits per heavy atom. The average Bonchev–Trinajstić information content (AvgIpc) is 2.57. The number of hydrogen-bond donors (Lipinski definition) is 0. The van der Waals surface area contributed by atoms with Gasteiger partial charge in [0.1, 0.15) is 17.9 Å². The minimum atomic E-state index is -0.560. The highest BCUT2D eigenvalue weighted by molar-refractivity contribution is 6.29. The molecule has 0 aliphatic carbocycles. The second-order valence-electron chi connectivity index (χ2n) is 2.88. The number of halogens is 2. The van der Waals surface area contributed by atoms with Crippen molar-refractivity contribution in [3.8, 4) is 6.07 Å². The second-order valence-corrected chi connectivity index (χ2v) is 3.26. The molecular formula is C9H6ClFN4. The van der Waals surface area contributed by atoms with Crippen LogP contribution < -0.4 is 0 Å². The molecule has 76 valence electrons. The number of aryl methyl sites for hydroxylation is 1. The SMILES string of the molecule is N#Cc1nn(CCF)c2nc(Cl)ccc12. The summed E-state index contributed by atoms with van der Waals surface area (Å²) in [6.45, 7) is -0.485. The van der Waals surface area contributed by atoms with Crippen molar-refractivity contribution in [2.45, 2.75) is 6.54 Å². The fraction of sp³-hybridized carbons (Fsp3) is 0.222. The standard InChI is InChI=1S/C9H6ClFN4/c10-8-2-1-6-7(5-12)14-15(4-3-11)9(6)13-8/h1-2H,3-4H2. The summed E-state index contributed by atoms with van der Waals surface area (Å²) in [7, 11) is 0. The summed E-state index contributed by atoms with van der Waals surface area (Å²) in [6.07, 6.45) is 0. The highest BCUT2D eigenvalue weighted by atomic mass is 35.5. The van der Waals surface area contributed by atoms with Crippen LogP contribution in [0.5, 0.6) is 0 Å². The summed E-state index contributed by atoms with van der Waals surface area (Å²) >= 11 is 5.71. The zero-order valence-corrected chi connectivity index (χ0v) is 8.37. The molecule has 0 fully saturated rings. The molecule has 0 atom stereocenters. The van der Waals surface area contributed by atoms with Crippen molar-refractivity contribution in [3.05, 3.63) is 23.0 Å². The molecule has 0 saturated heterocycles. The Morgan fingerprint density at radius 3 is 3.00 bits per heavy atom. The van der Waals surface area contributed by atoms with Crippen LogP contribution in [0.1, 0.15) is 5.69 Å². The van der Waals surface area contributed by atoms with Gasteiger partial charge in [-0.2, -0.15) is 10.4 Å². The highest BCUT2D eigenvalue weighted by Gasteiger charge is 2.11. The minimum absolute atomic E-state index is 0.0749. The molecule has 2 rings (SSSR count). The topological polar surface area (TPSA) is 54.5 Å². The molecule has 0 bridgehead atoms. The lowest BCUT2D eigenvalue weighted by Gasteiger charge is -1.97. The van der Waals surface area contributed by atoms with Gasteiger partial charge in [0.2, 0.25) is 0 Å². The van der Waals surface area contributed by atoms with Crippen molar-refractivity contribution in [3.63, 3.8) is 0 Å². The van der Waals surface area contributed by atoms with Crippen molar-refractivity contribution in [1.82, 2.24) is 14.8 Å². The van der Waals surface area contributed by atoms with Crippen molar-refractivity contribution < 1.29 is 4.39 Å². The molecule has 0 radical (unpaired) electrons. The molecule has 15 heavy (non-hydrogen) atoms. The summed E-state index contributed by atoms with van der Waals surface area (Å²) in [5, 5.41) is 13.6. The second kappa shape index (κ2) is 3.83. The van der Waals surface area contributed by atoms with Crippen molar-refractivity contribution in [1.29, 1.82) is 5.26 Å². The Morgan fingerprint density at radius 1 is 1.53 bits per heavy atom. The molecule has 4 nitrogen and oxygen atoms in total. The van der Waals surface area contributed by atoms with Gasteiger partial charge in [0.15, 0.2) is 11.3 Å². The third-order valence-electron chi connectivity index (χ3n) is 1.96. The summed E-state index contributed by atoms with van der Waals surface area (Å²) in [6, 6.07) is 5.16. The van der Waals surface area contributed by atoms with E-state index in [1.165, 1.54) is 4.68 Å². The molecular weight excluding hydrogens is 219 g/mol. The molecule has 2 aromatic rings. The largest absolute Gasteiger partial charge is 0.249 e. The molecule has 0 N–H and O–H groups in total. The molecule has 0 saturated carbocycles. The quantitative estimate of drug-likeness (QED) is 0.733. The molecule has 0 amide bonds. The first-order valence-corrected chi connectivity index (χ1v) is 4.63. The lowest BCUT2D eigenvalue weighted by atomic mass is 10.3. The van der Waals surface area contributed by atoms with Gasteiger partial charge in [-0.25, -0.2) is 14.1 Å². The summed E-state index contributed by atoms with van der Waals surface area (Å²) in [5.74, 6) is 0. The number of alkyl halides is 1. The van der Waals surface area contributed by atoms with Crippen molar-refractivity contribution >= 4 is 22.6 Å². The number of nitriles is 1. The van der Waals surface area contributed by atoms with Crippen LogP contribution in [-0.2, 0) is 6.54 Å². The van der Waals surface area contributed by atoms with Gasteiger partial charge in [0.05, 0.1) is 11.9 Å². The van der Waals surface area contributed by atoms with Gasteiger partial charge < -0.3 is 0 Å². The van der Waals surface area contributed by atoms with Gasteiger partial charge in [-0.05, 0) is 12.1 Å². The van der Waals surface area contributed by atoms with Gasteiger partial charge >= 0.3 is 0 Å². The van der Waals surface area contributed by atoms with Crippen LogP contribution in [0.4, 0.5) is 4.39 Å². The Bertz CT molecular complexity index is 543. The molecule has 0 aliphatic rings. The molecule has 0 spiro atoms. The van der Waals surface area contributed by atoms with Gasteiger partial charge in [-0.1, -0.05) is 11.6 Å². The van der Waals surface area contributed by atoms with Crippen LogP contribution in [0.25, 0.3) is 11.0 Å². The van der Waals surface area contributed by atoms with Gasteiger partial charge in [-0.15, -0.1) is 0 Å². The molecule has 6 heteroatoms. The maximum absolute atomic E-state index is 12.2.